The van der Waals surface area contributed by atoms with Gasteiger partial charge in [-0.2, -0.15) is 0 Å². The Labute approximate surface area is 209 Å². The predicted octanol–water partition coefficient (Wildman–Crippen LogP) is 3.70. The first-order chi connectivity index (χ1) is 17.4. The molecule has 9 nitrogen and oxygen atoms in total. The number of pyridine rings is 1. The van der Waals surface area contributed by atoms with E-state index in [4.69, 9.17) is 15.5 Å². The number of ether oxygens (including phenoxy) is 1. The van der Waals surface area contributed by atoms with Crippen LogP contribution in [0.3, 0.4) is 0 Å². The maximum Gasteiger partial charge on any atom is 0.407 e. The van der Waals surface area contributed by atoms with Crippen molar-refractivity contribution in [2.45, 2.75) is 33.4 Å². The van der Waals surface area contributed by atoms with Crippen molar-refractivity contribution >= 4 is 39.8 Å². The Balaban J connectivity index is 1.41. The van der Waals surface area contributed by atoms with E-state index >= 15 is 0 Å². The van der Waals surface area contributed by atoms with Gasteiger partial charge in [0, 0.05) is 30.5 Å². The van der Waals surface area contributed by atoms with Crippen LogP contribution < -0.4 is 16.4 Å². The molecular weight excluding hydrogens is 456 g/mol. The van der Waals surface area contributed by atoms with E-state index in [2.05, 4.69) is 33.7 Å². The van der Waals surface area contributed by atoms with E-state index in [0.717, 1.165) is 45.3 Å². The van der Waals surface area contributed by atoms with Crippen LogP contribution in [0.15, 0.2) is 60.7 Å². The second-order valence-corrected chi connectivity index (χ2v) is 8.52. The zero-order valence-electron chi connectivity index (χ0n) is 20.5. The number of carbonyl (C=O) groups excluding carboxylic acids is 2. The first-order valence-electron chi connectivity index (χ1n) is 11.8. The Kier molecular flexibility index (Phi) is 7.48. The van der Waals surface area contributed by atoms with E-state index in [1.165, 1.54) is 0 Å². The molecule has 2 aromatic heterocycles. The summed E-state index contributed by atoms with van der Waals surface area (Å²) in [6.45, 7) is 8.52. The molecule has 4 N–H and O–H groups in total. The van der Waals surface area contributed by atoms with Crippen LogP contribution in [0.1, 0.15) is 30.8 Å². The Morgan fingerprint density at radius 2 is 1.78 bits per heavy atom. The molecule has 36 heavy (non-hydrogen) atoms. The van der Waals surface area contributed by atoms with Crippen molar-refractivity contribution in [2.24, 2.45) is 0 Å². The van der Waals surface area contributed by atoms with Gasteiger partial charge in [0.25, 0.3) is 0 Å². The highest BCUT2D eigenvalue weighted by Crippen LogP contribution is 2.29. The molecule has 9 heteroatoms. The number of nitrogens with two attached hydrogens (primary N) is 1. The third-order valence-corrected chi connectivity index (χ3v) is 5.81. The molecule has 0 bridgehead atoms. The van der Waals surface area contributed by atoms with E-state index in [0.29, 0.717) is 24.5 Å². The number of hydrogen-bond donors (Lipinski definition) is 3. The molecule has 0 aliphatic heterocycles. The summed E-state index contributed by atoms with van der Waals surface area (Å²) in [7, 11) is 0. The van der Waals surface area contributed by atoms with Gasteiger partial charge in [-0.15, -0.1) is 0 Å². The highest BCUT2D eigenvalue weighted by Gasteiger charge is 2.16. The van der Waals surface area contributed by atoms with Crippen molar-refractivity contribution in [1.29, 1.82) is 0 Å². The second kappa shape index (κ2) is 10.9. The zero-order chi connectivity index (χ0) is 25.7. The maximum atomic E-state index is 11.9. The third-order valence-electron chi connectivity index (χ3n) is 5.81. The number of carbonyl (C=O) groups is 2. The SMILES string of the molecule is C=C(C)C(=O)NCCOC(=O)NCc1ccc(Cn2c(CC)nc3c(N)nc4ccccc4c32)cc1. The topological polar surface area (TPSA) is 124 Å². The average molecular weight is 487 g/mol. The van der Waals surface area contributed by atoms with Gasteiger partial charge >= 0.3 is 6.09 Å². The second-order valence-electron chi connectivity index (χ2n) is 8.52. The third kappa shape index (κ3) is 5.46. The quantitative estimate of drug-likeness (QED) is 0.245. The number of nitrogens with zero attached hydrogens (tertiary/aromatic N) is 3. The minimum absolute atomic E-state index is 0.0805. The lowest BCUT2D eigenvalue weighted by atomic mass is 10.1. The monoisotopic (exact) mass is 486 g/mol. The number of amides is 2. The number of fused-ring (bicyclic) bond motifs is 3. The van der Waals surface area contributed by atoms with E-state index in [1.54, 1.807) is 6.92 Å². The Morgan fingerprint density at radius 3 is 2.50 bits per heavy atom. The standard InChI is InChI=1S/C27H30N6O3/c1-4-22-32-23-24(20-7-5-6-8-21(20)31-25(23)28)33(22)16-19-11-9-18(10-12-19)15-30-27(35)36-14-13-29-26(34)17(2)3/h5-12H,2,4,13-16H2,1,3H3,(H2,28,31)(H,29,34)(H,30,35). The van der Waals surface area contributed by atoms with Gasteiger partial charge < -0.3 is 25.7 Å². The van der Waals surface area contributed by atoms with Crippen LogP contribution in [-0.4, -0.2) is 39.7 Å². The van der Waals surface area contributed by atoms with Gasteiger partial charge in [-0.3, -0.25) is 4.79 Å². The van der Waals surface area contributed by atoms with Crippen LogP contribution >= 0.6 is 0 Å². The van der Waals surface area contributed by atoms with Gasteiger partial charge in [-0.05, 0) is 24.1 Å². The number of hydrogen-bond acceptors (Lipinski definition) is 6. The highest BCUT2D eigenvalue weighted by atomic mass is 16.5. The van der Waals surface area contributed by atoms with Crippen molar-refractivity contribution in [2.75, 3.05) is 18.9 Å². The molecule has 0 fully saturated rings. The number of nitrogens with one attached hydrogen (secondary N) is 2. The van der Waals surface area contributed by atoms with Crippen molar-refractivity contribution in [3.8, 4) is 0 Å². The number of para-hydroxylation sites is 1. The average Bonchev–Trinajstić information content (AvgIpc) is 3.25. The first kappa shape index (κ1) is 24.7. The number of benzene rings is 2. The van der Waals surface area contributed by atoms with Gasteiger partial charge in [0.1, 0.15) is 17.9 Å². The van der Waals surface area contributed by atoms with Crippen LogP contribution in [0.25, 0.3) is 21.9 Å². The van der Waals surface area contributed by atoms with E-state index in [1.807, 2.05) is 48.5 Å². The molecule has 0 radical (unpaired) electrons. The minimum atomic E-state index is -0.542. The Hall–Kier alpha value is -4.40. The van der Waals surface area contributed by atoms with Crippen molar-refractivity contribution in [3.05, 3.63) is 77.6 Å². The molecule has 4 rings (SSSR count). The molecular formula is C27H30N6O3. The molecule has 0 aliphatic rings. The smallest absolute Gasteiger partial charge is 0.407 e. The molecule has 0 saturated heterocycles. The van der Waals surface area contributed by atoms with Crippen LogP contribution in [0.2, 0.25) is 0 Å². The van der Waals surface area contributed by atoms with Crippen LogP contribution in [0.4, 0.5) is 10.6 Å². The predicted molar refractivity (Wildman–Crippen MR) is 140 cm³/mol. The molecule has 2 amide bonds. The molecule has 0 aliphatic carbocycles. The molecule has 0 spiro atoms. The van der Waals surface area contributed by atoms with Gasteiger partial charge in [0.2, 0.25) is 5.91 Å². The fourth-order valence-electron chi connectivity index (χ4n) is 3.97. The number of aryl methyl sites for hydroxylation is 1. The normalized spacial score (nSPS) is 10.9. The Morgan fingerprint density at radius 1 is 1.06 bits per heavy atom. The summed E-state index contributed by atoms with van der Waals surface area (Å²) < 4.78 is 7.28. The number of anilines is 1. The van der Waals surface area contributed by atoms with E-state index in [-0.39, 0.29) is 19.1 Å². The fourth-order valence-corrected chi connectivity index (χ4v) is 3.97. The number of rotatable bonds is 9. The van der Waals surface area contributed by atoms with Crippen LogP contribution in [-0.2, 0) is 29.0 Å². The number of nitrogen functional groups attached to an aromatic ring is 1. The van der Waals surface area contributed by atoms with Crippen LogP contribution in [0, 0.1) is 0 Å². The number of alkyl carbamates (subject to hydrolysis) is 1. The summed E-state index contributed by atoms with van der Waals surface area (Å²) in [5.41, 5.74) is 11.2. The summed E-state index contributed by atoms with van der Waals surface area (Å²) in [6, 6.07) is 16.0. The lowest BCUT2D eigenvalue weighted by Crippen LogP contribution is -2.31. The van der Waals surface area contributed by atoms with Crippen molar-refractivity contribution in [3.63, 3.8) is 0 Å². The van der Waals surface area contributed by atoms with E-state index < -0.39 is 6.09 Å². The summed E-state index contributed by atoms with van der Waals surface area (Å²) in [6.07, 6.45) is 0.225. The highest BCUT2D eigenvalue weighted by molar-refractivity contribution is 6.06. The van der Waals surface area contributed by atoms with Gasteiger partial charge in [-0.25, -0.2) is 14.8 Å². The molecule has 2 heterocycles. The van der Waals surface area contributed by atoms with Crippen molar-refractivity contribution < 1.29 is 14.3 Å². The summed E-state index contributed by atoms with van der Waals surface area (Å²) in [4.78, 5) is 32.6. The van der Waals surface area contributed by atoms with Gasteiger partial charge in [-0.1, -0.05) is 56.0 Å². The molecule has 0 atom stereocenters. The van der Waals surface area contributed by atoms with Crippen molar-refractivity contribution in [1.82, 2.24) is 25.2 Å². The van der Waals surface area contributed by atoms with Gasteiger partial charge in [0.05, 0.1) is 17.6 Å². The first-order valence-corrected chi connectivity index (χ1v) is 11.8. The molecule has 0 saturated carbocycles. The van der Waals surface area contributed by atoms with Crippen LogP contribution in [0.5, 0.6) is 0 Å². The molecule has 2 aromatic carbocycles. The number of aromatic nitrogens is 3. The summed E-state index contributed by atoms with van der Waals surface area (Å²) in [5, 5.41) is 6.34. The maximum absolute atomic E-state index is 11.9. The summed E-state index contributed by atoms with van der Waals surface area (Å²) >= 11 is 0. The van der Waals surface area contributed by atoms with Gasteiger partial charge in [0.15, 0.2) is 5.82 Å². The minimum Gasteiger partial charge on any atom is -0.448 e. The molecule has 0 unspecified atom stereocenters. The molecule has 4 aromatic rings. The Bertz CT molecular complexity index is 1430. The zero-order valence-corrected chi connectivity index (χ0v) is 20.5. The number of imidazole rings is 1. The largest absolute Gasteiger partial charge is 0.448 e. The fraction of sp³-hybridized carbons (Fsp3) is 0.259. The summed E-state index contributed by atoms with van der Waals surface area (Å²) in [5.74, 6) is 1.12. The lowest BCUT2D eigenvalue weighted by molar-refractivity contribution is -0.117. The lowest BCUT2D eigenvalue weighted by Gasteiger charge is -2.11. The molecule has 186 valence electrons. The van der Waals surface area contributed by atoms with E-state index in [9.17, 15) is 9.59 Å².